The van der Waals surface area contributed by atoms with Crippen molar-refractivity contribution in [3.63, 3.8) is 0 Å². The minimum absolute atomic E-state index is 0.186. The Morgan fingerprint density at radius 1 is 1.28 bits per heavy atom. The molecule has 1 aliphatic heterocycles. The van der Waals surface area contributed by atoms with Crippen molar-refractivity contribution in [1.29, 1.82) is 0 Å². The highest BCUT2D eigenvalue weighted by Gasteiger charge is 2.27. The van der Waals surface area contributed by atoms with Gasteiger partial charge in [-0.3, -0.25) is 4.79 Å². The van der Waals surface area contributed by atoms with Crippen molar-refractivity contribution in [2.75, 3.05) is 39.8 Å². The number of carbonyl (C=O) groups is 1. The minimum Gasteiger partial charge on any atom is -0.497 e. The molecule has 3 rings (SSSR count). The van der Waals surface area contributed by atoms with E-state index in [4.69, 9.17) is 17.0 Å². The molecule has 0 bridgehead atoms. The van der Waals surface area contributed by atoms with Gasteiger partial charge in [-0.05, 0) is 42.8 Å². The van der Waals surface area contributed by atoms with Crippen molar-refractivity contribution >= 4 is 23.2 Å². The third kappa shape index (κ3) is 5.57. The minimum atomic E-state index is 0.186. The average Bonchev–Trinajstić information content (AvgIpc) is 3.44. The summed E-state index contributed by atoms with van der Waals surface area (Å²) in [5, 5.41) is 7.17. The molecule has 1 amide bonds. The van der Waals surface area contributed by atoms with Gasteiger partial charge in [0.2, 0.25) is 0 Å². The van der Waals surface area contributed by atoms with Crippen LogP contribution in [0.1, 0.15) is 18.4 Å². The molecule has 6 nitrogen and oxygen atoms in total. The van der Waals surface area contributed by atoms with E-state index >= 15 is 0 Å². The summed E-state index contributed by atoms with van der Waals surface area (Å²) in [7, 11) is 1.67. The summed E-state index contributed by atoms with van der Waals surface area (Å²) in [4.78, 5) is 15.4. The fraction of sp³-hybridized carbons (Fsp3) is 0.556. The van der Waals surface area contributed by atoms with Crippen molar-refractivity contribution in [3.05, 3.63) is 29.8 Å². The van der Waals surface area contributed by atoms with Gasteiger partial charge in [-0.1, -0.05) is 12.1 Å². The van der Waals surface area contributed by atoms with Crippen molar-refractivity contribution in [1.82, 2.24) is 15.5 Å². The fourth-order valence-corrected chi connectivity index (χ4v) is 3.22. The van der Waals surface area contributed by atoms with Gasteiger partial charge in [0, 0.05) is 12.6 Å². The Bertz CT molecular complexity index is 596. The monoisotopic (exact) mass is 363 g/mol. The maximum Gasteiger partial charge on any atom is 0.275 e. The topological polar surface area (TPSA) is 58.0 Å². The van der Waals surface area contributed by atoms with Crippen molar-refractivity contribution in [3.8, 4) is 5.75 Å². The van der Waals surface area contributed by atoms with Gasteiger partial charge >= 0.3 is 0 Å². The van der Waals surface area contributed by atoms with E-state index in [1.54, 1.807) is 7.11 Å². The number of methoxy groups -OCH3 is 1. The molecule has 25 heavy (non-hydrogen) atoms. The molecule has 0 unspecified atom stereocenters. The first-order chi connectivity index (χ1) is 12.1. The van der Waals surface area contributed by atoms with Crippen LogP contribution in [-0.2, 0) is 11.3 Å². The van der Waals surface area contributed by atoms with Crippen LogP contribution >= 0.6 is 12.2 Å². The van der Waals surface area contributed by atoms with Crippen molar-refractivity contribution < 1.29 is 14.4 Å². The van der Waals surface area contributed by atoms with Crippen LogP contribution in [0.4, 0.5) is 0 Å². The fourth-order valence-electron chi connectivity index (χ4n) is 2.97. The van der Waals surface area contributed by atoms with E-state index < -0.39 is 0 Å². The number of carbonyl (C=O) groups excluding carboxylic acids is 1. The lowest BCUT2D eigenvalue weighted by atomic mass is 10.2. The number of quaternary nitrogens is 1. The molecular weight excluding hydrogens is 336 g/mol. The summed E-state index contributed by atoms with van der Waals surface area (Å²) in [5.41, 5.74) is 1.17. The van der Waals surface area contributed by atoms with E-state index in [1.165, 1.54) is 10.5 Å². The number of rotatable bonds is 6. The van der Waals surface area contributed by atoms with Crippen LogP contribution in [0.15, 0.2) is 24.3 Å². The molecule has 1 saturated heterocycles. The van der Waals surface area contributed by atoms with Gasteiger partial charge in [-0.2, -0.15) is 0 Å². The maximum absolute atomic E-state index is 11.9. The molecule has 1 aromatic rings. The molecule has 136 valence electrons. The number of amides is 1. The zero-order chi connectivity index (χ0) is 17.6. The van der Waals surface area contributed by atoms with E-state index in [0.29, 0.717) is 19.1 Å². The number of hydrogen-bond donors (Lipinski definition) is 3. The third-order valence-corrected chi connectivity index (χ3v) is 5.12. The van der Waals surface area contributed by atoms with Crippen LogP contribution in [0.2, 0.25) is 0 Å². The van der Waals surface area contributed by atoms with Crippen LogP contribution in [-0.4, -0.2) is 61.8 Å². The van der Waals surface area contributed by atoms with E-state index in [-0.39, 0.29) is 5.91 Å². The van der Waals surface area contributed by atoms with Gasteiger partial charge in [0.15, 0.2) is 11.7 Å². The first-order valence-electron chi connectivity index (χ1n) is 8.92. The first-order valence-corrected chi connectivity index (χ1v) is 9.33. The Labute approximate surface area is 154 Å². The first kappa shape index (κ1) is 17.9. The maximum atomic E-state index is 11.9. The Morgan fingerprint density at radius 2 is 1.96 bits per heavy atom. The van der Waals surface area contributed by atoms with Crippen LogP contribution in [0.5, 0.6) is 5.75 Å². The highest BCUT2D eigenvalue weighted by Crippen LogP contribution is 2.18. The zero-order valence-corrected chi connectivity index (χ0v) is 15.5. The molecule has 1 heterocycles. The van der Waals surface area contributed by atoms with Gasteiger partial charge in [0.05, 0.1) is 33.3 Å². The standard InChI is InChI=1S/C18H26N4O2S/c1-24-16-6-2-14(3-7-16)12-19-18(25)22-10-8-21(9-11-22)13-17(23)20-15-4-5-15/h2-3,6-7,15H,4-5,8-13H2,1H3,(H,19,25)(H,20,23)/p+1. The number of benzene rings is 1. The van der Waals surface area contributed by atoms with E-state index in [9.17, 15) is 4.79 Å². The Hall–Kier alpha value is -1.86. The normalized spacial score (nSPS) is 17.9. The molecule has 0 radical (unpaired) electrons. The predicted molar refractivity (Wildman–Crippen MR) is 101 cm³/mol. The Kier molecular flexibility index (Phi) is 6.09. The smallest absolute Gasteiger partial charge is 0.275 e. The molecule has 0 aromatic heterocycles. The van der Waals surface area contributed by atoms with Crippen LogP contribution in [0.3, 0.4) is 0 Å². The molecule has 0 atom stereocenters. The molecule has 3 N–H and O–H groups in total. The van der Waals surface area contributed by atoms with Crippen LogP contribution in [0.25, 0.3) is 0 Å². The summed E-state index contributed by atoms with van der Waals surface area (Å²) in [5.74, 6) is 1.04. The summed E-state index contributed by atoms with van der Waals surface area (Å²) < 4.78 is 5.17. The second-order valence-electron chi connectivity index (χ2n) is 6.76. The van der Waals surface area contributed by atoms with Gasteiger partial charge in [0.1, 0.15) is 5.75 Å². The number of piperazine rings is 1. The molecule has 2 aliphatic rings. The van der Waals surface area contributed by atoms with Gasteiger partial charge < -0.3 is 25.2 Å². The number of nitrogens with one attached hydrogen (secondary N) is 3. The molecule has 7 heteroatoms. The van der Waals surface area contributed by atoms with E-state index in [1.807, 2.05) is 24.3 Å². The number of thiocarbonyl (C=S) groups is 1. The largest absolute Gasteiger partial charge is 0.497 e. The molecule has 1 aromatic carbocycles. The molecule has 0 spiro atoms. The average molecular weight is 364 g/mol. The number of nitrogens with zero attached hydrogens (tertiary/aromatic N) is 1. The van der Waals surface area contributed by atoms with Gasteiger partial charge in [-0.25, -0.2) is 0 Å². The Morgan fingerprint density at radius 3 is 2.56 bits per heavy atom. The Balaban J connectivity index is 1.36. The second-order valence-corrected chi connectivity index (χ2v) is 7.15. The van der Waals surface area contributed by atoms with Crippen molar-refractivity contribution in [2.45, 2.75) is 25.4 Å². The summed E-state index contributed by atoms with van der Waals surface area (Å²) in [6.45, 7) is 4.96. The van der Waals surface area contributed by atoms with Gasteiger partial charge in [-0.15, -0.1) is 0 Å². The molecule has 1 saturated carbocycles. The van der Waals surface area contributed by atoms with E-state index in [0.717, 1.165) is 49.9 Å². The SMILES string of the molecule is COc1ccc(CNC(=S)N2CC[NH+](CC(=O)NC3CC3)CC2)cc1. The summed E-state index contributed by atoms with van der Waals surface area (Å²) >= 11 is 5.52. The lowest BCUT2D eigenvalue weighted by molar-refractivity contribution is -0.895. The number of hydrogen-bond acceptors (Lipinski definition) is 3. The third-order valence-electron chi connectivity index (χ3n) is 4.71. The highest BCUT2D eigenvalue weighted by molar-refractivity contribution is 7.80. The second kappa shape index (κ2) is 8.49. The summed E-state index contributed by atoms with van der Waals surface area (Å²) in [6, 6.07) is 8.43. The lowest BCUT2D eigenvalue weighted by Crippen LogP contribution is -3.16. The van der Waals surface area contributed by atoms with Gasteiger partial charge in [0.25, 0.3) is 5.91 Å². The summed E-state index contributed by atoms with van der Waals surface area (Å²) in [6.07, 6.45) is 2.28. The van der Waals surface area contributed by atoms with Crippen molar-refractivity contribution in [2.24, 2.45) is 0 Å². The van der Waals surface area contributed by atoms with Crippen LogP contribution in [0, 0.1) is 0 Å². The molecule has 1 aliphatic carbocycles. The van der Waals surface area contributed by atoms with E-state index in [2.05, 4.69) is 15.5 Å². The zero-order valence-electron chi connectivity index (χ0n) is 14.7. The molecular formula is C18H27N4O2S+. The number of ether oxygens (including phenoxy) is 1. The van der Waals surface area contributed by atoms with Crippen LogP contribution < -0.4 is 20.3 Å². The lowest BCUT2D eigenvalue weighted by Gasteiger charge is -2.33. The highest BCUT2D eigenvalue weighted by atomic mass is 32.1. The predicted octanol–water partition coefficient (Wildman–Crippen LogP) is -0.451. The molecule has 2 fully saturated rings. The quantitative estimate of drug-likeness (QED) is 0.598.